The first kappa shape index (κ1) is 13.3. The molecule has 0 aromatic carbocycles. The van der Waals surface area contributed by atoms with Crippen molar-refractivity contribution in [1.29, 1.82) is 0 Å². The Morgan fingerprint density at radius 2 is 2.18 bits per heavy atom. The summed E-state index contributed by atoms with van der Waals surface area (Å²) in [6, 6.07) is 1.44. The number of rotatable bonds is 5. The van der Waals surface area contributed by atoms with Crippen LogP contribution in [-0.4, -0.2) is 22.1 Å². The smallest absolute Gasteiger partial charge is 0.293 e. The SMILES string of the molecule is CCCCCNC(=O)c1ccn(C)c(=O)c1O. The normalized spacial score (nSPS) is 10.2. The maximum atomic E-state index is 11.7. The van der Waals surface area contributed by atoms with Crippen LogP contribution >= 0.6 is 0 Å². The lowest BCUT2D eigenvalue weighted by atomic mass is 10.2. The zero-order valence-electron chi connectivity index (χ0n) is 10.2. The molecule has 1 heterocycles. The lowest BCUT2D eigenvalue weighted by molar-refractivity contribution is 0.0950. The summed E-state index contributed by atoms with van der Waals surface area (Å²) < 4.78 is 1.23. The molecular formula is C12H18N2O3. The van der Waals surface area contributed by atoms with E-state index in [1.165, 1.54) is 23.9 Å². The van der Waals surface area contributed by atoms with E-state index in [9.17, 15) is 14.7 Å². The van der Waals surface area contributed by atoms with Crippen molar-refractivity contribution in [2.45, 2.75) is 26.2 Å². The fourth-order valence-electron chi connectivity index (χ4n) is 1.47. The van der Waals surface area contributed by atoms with Gasteiger partial charge in [0.05, 0.1) is 5.56 Å². The molecule has 2 N–H and O–H groups in total. The monoisotopic (exact) mass is 238 g/mol. The van der Waals surface area contributed by atoms with E-state index in [-0.39, 0.29) is 5.56 Å². The van der Waals surface area contributed by atoms with E-state index < -0.39 is 17.2 Å². The summed E-state index contributed by atoms with van der Waals surface area (Å²) in [5, 5.41) is 12.2. The third-order valence-electron chi connectivity index (χ3n) is 2.55. The van der Waals surface area contributed by atoms with Crippen molar-refractivity contribution in [3.63, 3.8) is 0 Å². The Morgan fingerprint density at radius 3 is 2.82 bits per heavy atom. The lowest BCUT2D eigenvalue weighted by Gasteiger charge is -2.07. The van der Waals surface area contributed by atoms with E-state index >= 15 is 0 Å². The predicted octanol–water partition coefficient (Wildman–Crippen LogP) is 1.01. The van der Waals surface area contributed by atoms with Crippen molar-refractivity contribution in [1.82, 2.24) is 9.88 Å². The molecule has 1 aromatic heterocycles. The Kier molecular flexibility index (Phi) is 4.75. The number of aromatic nitrogens is 1. The van der Waals surface area contributed by atoms with Gasteiger partial charge in [0.15, 0.2) is 5.75 Å². The number of nitrogens with zero attached hydrogens (tertiary/aromatic N) is 1. The molecule has 1 aromatic rings. The number of aryl methyl sites for hydroxylation is 1. The Bertz CT molecular complexity index is 452. The van der Waals surface area contributed by atoms with E-state index in [0.29, 0.717) is 6.54 Å². The standard InChI is InChI=1S/C12H18N2O3/c1-3-4-5-7-13-11(16)9-6-8-14(2)12(17)10(9)15/h6,8,15H,3-5,7H2,1-2H3,(H,13,16). The largest absolute Gasteiger partial charge is 0.502 e. The molecule has 0 radical (unpaired) electrons. The van der Waals surface area contributed by atoms with E-state index in [0.717, 1.165) is 19.3 Å². The molecule has 0 saturated carbocycles. The van der Waals surface area contributed by atoms with Gasteiger partial charge < -0.3 is 15.0 Å². The number of unbranched alkanes of at least 4 members (excludes halogenated alkanes) is 2. The van der Waals surface area contributed by atoms with Gasteiger partial charge in [0, 0.05) is 19.8 Å². The van der Waals surface area contributed by atoms with Gasteiger partial charge in [0.25, 0.3) is 11.5 Å². The second-order valence-corrected chi connectivity index (χ2v) is 3.96. The van der Waals surface area contributed by atoms with Crippen LogP contribution in [0.15, 0.2) is 17.1 Å². The molecule has 0 fully saturated rings. The second-order valence-electron chi connectivity index (χ2n) is 3.96. The molecule has 1 amide bonds. The van der Waals surface area contributed by atoms with Crippen LogP contribution in [-0.2, 0) is 7.05 Å². The minimum Gasteiger partial charge on any atom is -0.502 e. The van der Waals surface area contributed by atoms with E-state index in [4.69, 9.17) is 0 Å². The lowest BCUT2D eigenvalue weighted by Crippen LogP contribution is -2.27. The molecular weight excluding hydrogens is 220 g/mol. The summed E-state index contributed by atoms with van der Waals surface area (Å²) in [6.45, 7) is 2.63. The van der Waals surface area contributed by atoms with Gasteiger partial charge in [-0.15, -0.1) is 0 Å². The van der Waals surface area contributed by atoms with Crippen LogP contribution in [0.5, 0.6) is 5.75 Å². The summed E-state index contributed by atoms with van der Waals surface area (Å²) >= 11 is 0. The first-order chi connectivity index (χ1) is 8.07. The summed E-state index contributed by atoms with van der Waals surface area (Å²) in [6.07, 6.45) is 4.48. The van der Waals surface area contributed by atoms with Crippen molar-refractivity contribution in [3.05, 3.63) is 28.2 Å². The maximum Gasteiger partial charge on any atom is 0.293 e. The molecule has 0 aliphatic carbocycles. The molecule has 0 bridgehead atoms. The van der Waals surface area contributed by atoms with E-state index in [1.807, 2.05) is 0 Å². The summed E-state index contributed by atoms with van der Waals surface area (Å²) in [5.74, 6) is -0.903. The average Bonchev–Trinajstić information content (AvgIpc) is 2.31. The maximum absolute atomic E-state index is 11.7. The second kappa shape index (κ2) is 6.08. The Balaban J connectivity index is 2.70. The highest BCUT2D eigenvalue weighted by Crippen LogP contribution is 2.09. The van der Waals surface area contributed by atoms with Crippen LogP contribution < -0.4 is 10.9 Å². The number of pyridine rings is 1. The molecule has 1 rings (SSSR count). The highest BCUT2D eigenvalue weighted by Gasteiger charge is 2.13. The van der Waals surface area contributed by atoms with Crippen LogP contribution in [0.25, 0.3) is 0 Å². The molecule has 5 heteroatoms. The van der Waals surface area contributed by atoms with E-state index in [1.54, 1.807) is 0 Å². The highest BCUT2D eigenvalue weighted by atomic mass is 16.3. The minimum absolute atomic E-state index is 0.0320. The number of hydrogen-bond donors (Lipinski definition) is 2. The summed E-state index contributed by atoms with van der Waals surface area (Å²) in [4.78, 5) is 23.1. The molecule has 0 aliphatic rings. The first-order valence-corrected chi connectivity index (χ1v) is 5.74. The topological polar surface area (TPSA) is 71.3 Å². The summed E-state index contributed by atoms with van der Waals surface area (Å²) in [5.41, 5.74) is -0.532. The number of carbonyl (C=O) groups excluding carboxylic acids is 1. The Labute approximate surface area is 100 Å². The van der Waals surface area contributed by atoms with Gasteiger partial charge in [-0.1, -0.05) is 19.8 Å². The van der Waals surface area contributed by atoms with Gasteiger partial charge in [0.2, 0.25) is 0 Å². The van der Waals surface area contributed by atoms with Crippen LogP contribution in [0.1, 0.15) is 36.5 Å². The molecule has 0 unspecified atom stereocenters. The molecule has 0 spiro atoms. The van der Waals surface area contributed by atoms with Crippen molar-refractivity contribution in [2.75, 3.05) is 6.54 Å². The van der Waals surface area contributed by atoms with Crippen LogP contribution in [0, 0.1) is 0 Å². The first-order valence-electron chi connectivity index (χ1n) is 5.74. The Hall–Kier alpha value is -1.78. The van der Waals surface area contributed by atoms with Gasteiger partial charge in [-0.25, -0.2) is 0 Å². The van der Waals surface area contributed by atoms with Crippen LogP contribution in [0.2, 0.25) is 0 Å². The molecule has 5 nitrogen and oxygen atoms in total. The molecule has 0 aliphatic heterocycles. The number of amides is 1. The zero-order valence-corrected chi connectivity index (χ0v) is 10.2. The number of nitrogens with one attached hydrogen (secondary N) is 1. The number of hydrogen-bond acceptors (Lipinski definition) is 3. The van der Waals surface area contributed by atoms with Gasteiger partial charge >= 0.3 is 0 Å². The number of aromatic hydroxyl groups is 1. The summed E-state index contributed by atoms with van der Waals surface area (Å²) in [7, 11) is 1.52. The fraction of sp³-hybridized carbons (Fsp3) is 0.500. The van der Waals surface area contributed by atoms with E-state index in [2.05, 4.69) is 12.2 Å². The molecule has 0 saturated heterocycles. The molecule has 0 atom stereocenters. The van der Waals surface area contributed by atoms with Crippen molar-refractivity contribution < 1.29 is 9.90 Å². The Morgan fingerprint density at radius 1 is 1.47 bits per heavy atom. The van der Waals surface area contributed by atoms with Crippen molar-refractivity contribution >= 4 is 5.91 Å². The number of carbonyl (C=O) groups is 1. The minimum atomic E-state index is -0.564. The highest BCUT2D eigenvalue weighted by molar-refractivity contribution is 5.96. The van der Waals surface area contributed by atoms with Crippen LogP contribution in [0.4, 0.5) is 0 Å². The van der Waals surface area contributed by atoms with Gasteiger partial charge in [-0.3, -0.25) is 9.59 Å². The quantitative estimate of drug-likeness (QED) is 0.752. The van der Waals surface area contributed by atoms with Gasteiger partial charge in [0.1, 0.15) is 0 Å². The average molecular weight is 238 g/mol. The molecule has 94 valence electrons. The zero-order chi connectivity index (χ0) is 12.8. The molecule has 17 heavy (non-hydrogen) atoms. The van der Waals surface area contributed by atoms with Crippen molar-refractivity contribution in [2.24, 2.45) is 7.05 Å². The van der Waals surface area contributed by atoms with Crippen molar-refractivity contribution in [3.8, 4) is 5.75 Å². The van der Waals surface area contributed by atoms with Gasteiger partial charge in [-0.05, 0) is 12.5 Å². The van der Waals surface area contributed by atoms with Crippen LogP contribution in [0.3, 0.4) is 0 Å². The third-order valence-corrected chi connectivity index (χ3v) is 2.55. The third kappa shape index (κ3) is 3.34. The van der Waals surface area contributed by atoms with Gasteiger partial charge in [-0.2, -0.15) is 0 Å². The predicted molar refractivity (Wildman–Crippen MR) is 65.2 cm³/mol. The fourth-order valence-corrected chi connectivity index (χ4v) is 1.47.